The summed E-state index contributed by atoms with van der Waals surface area (Å²) in [5.74, 6) is 1.34. The first-order valence-electron chi connectivity index (χ1n) is 7.52. The Hall–Kier alpha value is -0.870. The summed E-state index contributed by atoms with van der Waals surface area (Å²) >= 11 is 0. The van der Waals surface area contributed by atoms with Gasteiger partial charge in [-0.2, -0.15) is 0 Å². The Morgan fingerprint density at radius 2 is 1.85 bits per heavy atom. The number of benzene rings is 1. The van der Waals surface area contributed by atoms with Gasteiger partial charge in [0.15, 0.2) is 9.84 Å². The van der Waals surface area contributed by atoms with E-state index in [0.717, 1.165) is 5.56 Å². The zero-order valence-corrected chi connectivity index (χ0v) is 12.5. The van der Waals surface area contributed by atoms with E-state index >= 15 is 0 Å². The molecule has 110 valence electrons. The lowest BCUT2D eigenvalue weighted by atomic mass is 9.80. The average molecular weight is 294 g/mol. The molecule has 1 aliphatic carbocycles. The average Bonchev–Trinajstić information content (AvgIpc) is 2.67. The van der Waals surface area contributed by atoms with Crippen molar-refractivity contribution in [3.63, 3.8) is 0 Å². The number of hydrogen-bond donors (Lipinski definition) is 1. The summed E-state index contributed by atoms with van der Waals surface area (Å²) in [5, 5.41) is 10.3. The van der Waals surface area contributed by atoms with Crippen LogP contribution < -0.4 is 0 Å². The molecule has 1 aromatic carbocycles. The van der Waals surface area contributed by atoms with Crippen molar-refractivity contribution in [1.29, 1.82) is 0 Å². The van der Waals surface area contributed by atoms with Crippen molar-refractivity contribution in [3.8, 4) is 0 Å². The van der Waals surface area contributed by atoms with E-state index < -0.39 is 15.9 Å². The molecule has 1 heterocycles. The summed E-state index contributed by atoms with van der Waals surface area (Å²) in [5.41, 5.74) is 2.29. The quantitative estimate of drug-likeness (QED) is 0.929. The maximum atomic E-state index is 11.4. The minimum Gasteiger partial charge on any atom is -0.388 e. The molecule has 0 radical (unpaired) electrons. The summed E-state index contributed by atoms with van der Waals surface area (Å²) in [6.45, 7) is 0. The predicted octanol–water partition coefficient (Wildman–Crippen LogP) is 2.81. The van der Waals surface area contributed by atoms with Crippen molar-refractivity contribution in [2.24, 2.45) is 5.92 Å². The molecule has 0 aromatic heterocycles. The van der Waals surface area contributed by atoms with E-state index in [1.807, 2.05) is 12.1 Å². The lowest BCUT2D eigenvalue weighted by molar-refractivity contribution is 0.148. The van der Waals surface area contributed by atoms with Gasteiger partial charge < -0.3 is 5.11 Å². The van der Waals surface area contributed by atoms with Gasteiger partial charge in [0, 0.05) is 0 Å². The van der Waals surface area contributed by atoms with Crippen LogP contribution in [0.5, 0.6) is 0 Å². The number of sulfone groups is 1. The third-order valence-electron chi connectivity index (χ3n) is 4.78. The molecule has 2 fully saturated rings. The van der Waals surface area contributed by atoms with E-state index in [2.05, 4.69) is 12.1 Å². The largest absolute Gasteiger partial charge is 0.388 e. The first kappa shape index (κ1) is 14.1. The topological polar surface area (TPSA) is 54.4 Å². The molecule has 0 amide bonds. The highest BCUT2D eigenvalue weighted by Gasteiger charge is 2.29. The molecule has 1 N–H and O–H groups in total. The van der Waals surface area contributed by atoms with Gasteiger partial charge in [-0.3, -0.25) is 0 Å². The maximum absolute atomic E-state index is 11.4. The minimum absolute atomic E-state index is 0.112. The van der Waals surface area contributed by atoms with Gasteiger partial charge in [0.1, 0.15) is 0 Å². The normalized spacial score (nSPS) is 27.1. The second-order valence-electron chi connectivity index (χ2n) is 6.32. The molecule has 2 unspecified atom stereocenters. The van der Waals surface area contributed by atoms with Gasteiger partial charge >= 0.3 is 0 Å². The lowest BCUT2D eigenvalue weighted by Crippen LogP contribution is -2.11. The Morgan fingerprint density at radius 1 is 1.15 bits per heavy atom. The second kappa shape index (κ2) is 5.49. The summed E-state index contributed by atoms with van der Waals surface area (Å²) in [6, 6.07) is 8.24. The van der Waals surface area contributed by atoms with E-state index in [0.29, 0.717) is 18.8 Å². The van der Waals surface area contributed by atoms with Crippen molar-refractivity contribution in [1.82, 2.24) is 0 Å². The van der Waals surface area contributed by atoms with Crippen molar-refractivity contribution in [2.45, 2.75) is 44.1 Å². The molecule has 3 nitrogen and oxygen atoms in total. The van der Waals surface area contributed by atoms with Crippen LogP contribution in [-0.2, 0) is 9.84 Å². The van der Waals surface area contributed by atoms with Crippen LogP contribution in [0.3, 0.4) is 0 Å². The van der Waals surface area contributed by atoms with Crippen LogP contribution in [0.1, 0.15) is 55.3 Å². The number of hydrogen-bond acceptors (Lipinski definition) is 3. The Balaban J connectivity index is 1.60. The van der Waals surface area contributed by atoms with Crippen molar-refractivity contribution in [2.75, 3.05) is 11.5 Å². The Bertz CT molecular complexity index is 558. The van der Waals surface area contributed by atoms with E-state index in [1.165, 1.54) is 24.8 Å². The highest BCUT2D eigenvalue weighted by atomic mass is 32.2. The fourth-order valence-electron chi connectivity index (χ4n) is 3.24. The molecule has 0 spiro atoms. The van der Waals surface area contributed by atoms with E-state index in [9.17, 15) is 13.5 Å². The molecule has 0 bridgehead atoms. The van der Waals surface area contributed by atoms with Gasteiger partial charge in [-0.05, 0) is 48.6 Å². The monoisotopic (exact) mass is 294 g/mol. The minimum atomic E-state index is -2.85. The van der Waals surface area contributed by atoms with E-state index in [1.54, 1.807) is 0 Å². The number of rotatable bonds is 4. The number of aliphatic hydroxyl groups excluding tert-OH is 1. The first-order chi connectivity index (χ1) is 9.53. The van der Waals surface area contributed by atoms with Gasteiger partial charge in [-0.25, -0.2) is 8.42 Å². The Labute approximate surface area is 120 Å². The van der Waals surface area contributed by atoms with Crippen molar-refractivity contribution >= 4 is 9.84 Å². The zero-order chi connectivity index (χ0) is 14.2. The van der Waals surface area contributed by atoms with Gasteiger partial charge in [-0.15, -0.1) is 0 Å². The van der Waals surface area contributed by atoms with Gasteiger partial charge in [0.05, 0.1) is 17.6 Å². The SMILES string of the molecule is O=S1(=O)CCC(CC(O)c2ccc(C3CCC3)cc2)C1. The third-order valence-corrected chi connectivity index (χ3v) is 6.62. The van der Waals surface area contributed by atoms with Crippen LogP contribution in [0.4, 0.5) is 0 Å². The fourth-order valence-corrected chi connectivity index (χ4v) is 5.12. The molecule has 3 rings (SSSR count). The van der Waals surface area contributed by atoms with Crippen LogP contribution in [0.15, 0.2) is 24.3 Å². The van der Waals surface area contributed by atoms with Crippen LogP contribution in [0, 0.1) is 5.92 Å². The zero-order valence-electron chi connectivity index (χ0n) is 11.7. The summed E-state index contributed by atoms with van der Waals surface area (Å²) in [7, 11) is -2.85. The molecule has 1 saturated heterocycles. The van der Waals surface area contributed by atoms with E-state index in [-0.39, 0.29) is 17.4 Å². The smallest absolute Gasteiger partial charge is 0.150 e. The third kappa shape index (κ3) is 3.07. The summed E-state index contributed by atoms with van der Waals surface area (Å²) < 4.78 is 22.9. The van der Waals surface area contributed by atoms with Crippen molar-refractivity contribution < 1.29 is 13.5 Å². The Kier molecular flexibility index (Phi) is 3.87. The molecule has 20 heavy (non-hydrogen) atoms. The molecule has 1 aliphatic heterocycles. The molecule has 2 atom stereocenters. The van der Waals surface area contributed by atoms with Gasteiger partial charge in [-0.1, -0.05) is 30.7 Å². The first-order valence-corrected chi connectivity index (χ1v) is 9.34. The molecule has 4 heteroatoms. The molecular weight excluding hydrogens is 272 g/mol. The van der Waals surface area contributed by atoms with Crippen LogP contribution in [0.25, 0.3) is 0 Å². The molecular formula is C16H22O3S. The van der Waals surface area contributed by atoms with Crippen LogP contribution >= 0.6 is 0 Å². The fraction of sp³-hybridized carbons (Fsp3) is 0.625. The lowest BCUT2D eigenvalue weighted by Gasteiger charge is -2.26. The van der Waals surface area contributed by atoms with Gasteiger partial charge in [0.25, 0.3) is 0 Å². The highest BCUT2D eigenvalue weighted by molar-refractivity contribution is 7.91. The molecule has 2 aliphatic rings. The van der Waals surface area contributed by atoms with Crippen molar-refractivity contribution in [3.05, 3.63) is 35.4 Å². The van der Waals surface area contributed by atoms with Crippen LogP contribution in [-0.4, -0.2) is 25.0 Å². The summed E-state index contributed by atoms with van der Waals surface area (Å²) in [4.78, 5) is 0. The van der Waals surface area contributed by atoms with E-state index in [4.69, 9.17) is 0 Å². The number of aliphatic hydroxyl groups is 1. The Morgan fingerprint density at radius 3 is 2.35 bits per heavy atom. The molecule has 1 saturated carbocycles. The predicted molar refractivity (Wildman–Crippen MR) is 79.4 cm³/mol. The standard InChI is InChI=1S/C16H22O3S/c17-16(10-12-8-9-20(18,19)11-12)15-6-4-14(5-7-15)13-2-1-3-13/h4-7,12-13,16-17H,1-3,8-11H2. The molecule has 1 aromatic rings. The van der Waals surface area contributed by atoms with Crippen LogP contribution in [0.2, 0.25) is 0 Å². The van der Waals surface area contributed by atoms with Gasteiger partial charge in [0.2, 0.25) is 0 Å². The maximum Gasteiger partial charge on any atom is 0.150 e. The second-order valence-corrected chi connectivity index (χ2v) is 8.54. The highest BCUT2D eigenvalue weighted by Crippen LogP contribution is 2.37. The summed E-state index contributed by atoms with van der Waals surface area (Å²) in [6.07, 6.45) is 4.60.